The van der Waals surface area contributed by atoms with Crippen molar-refractivity contribution >= 4 is 32.5 Å². The monoisotopic (exact) mass is 459 g/mol. The van der Waals surface area contributed by atoms with Crippen molar-refractivity contribution in [1.29, 1.82) is 0 Å². The number of rotatable bonds is 6. The molecule has 0 atom stereocenters. The van der Waals surface area contributed by atoms with Crippen molar-refractivity contribution in [2.75, 3.05) is 13.1 Å². The van der Waals surface area contributed by atoms with Gasteiger partial charge in [-0.3, -0.25) is 9.36 Å². The van der Waals surface area contributed by atoms with Crippen LogP contribution in [0.1, 0.15) is 32.0 Å². The second-order valence-electron chi connectivity index (χ2n) is 8.01. The Morgan fingerprint density at radius 2 is 1.74 bits per heavy atom. The predicted octanol–water partition coefficient (Wildman–Crippen LogP) is 4.10. The van der Waals surface area contributed by atoms with Crippen LogP contribution in [0, 0.1) is 5.92 Å². The molecule has 0 saturated carbocycles. The van der Waals surface area contributed by atoms with E-state index in [1.54, 1.807) is 28.8 Å². The number of piperidine rings is 1. The van der Waals surface area contributed by atoms with Crippen molar-refractivity contribution in [2.45, 2.75) is 44.0 Å². The lowest BCUT2D eigenvalue weighted by molar-refractivity contribution is 0.249. The molecule has 1 fully saturated rings. The minimum atomic E-state index is -3.54. The van der Waals surface area contributed by atoms with Crippen molar-refractivity contribution < 1.29 is 8.42 Å². The van der Waals surface area contributed by atoms with Gasteiger partial charge in [-0.2, -0.15) is 4.31 Å². The molecule has 0 amide bonds. The highest BCUT2D eigenvalue weighted by Crippen LogP contribution is 2.26. The van der Waals surface area contributed by atoms with Gasteiger partial charge in [-0.25, -0.2) is 13.4 Å². The number of aryl methyl sites for hydroxylation is 1. The molecule has 164 valence electrons. The standard InChI is InChI=1S/C23H26ClN3O3S/c1-2-5-22-25-21-7-4-3-6-20(21)23(28)27(22)16-17-12-14-26(15-13-17)31(29,30)19-10-8-18(24)9-11-19/h3-4,6-11,17H,2,5,12-16H2,1H3. The van der Waals surface area contributed by atoms with Crippen molar-refractivity contribution in [3.8, 4) is 0 Å². The van der Waals surface area contributed by atoms with E-state index in [1.165, 1.54) is 4.31 Å². The average molecular weight is 460 g/mol. The summed E-state index contributed by atoms with van der Waals surface area (Å²) in [7, 11) is -3.54. The third-order valence-electron chi connectivity index (χ3n) is 5.88. The third kappa shape index (κ3) is 4.54. The lowest BCUT2D eigenvalue weighted by Crippen LogP contribution is -2.40. The topological polar surface area (TPSA) is 72.3 Å². The molecule has 4 rings (SSSR count). The van der Waals surface area contributed by atoms with Gasteiger partial charge in [0.15, 0.2) is 0 Å². The molecular formula is C23H26ClN3O3S. The van der Waals surface area contributed by atoms with Crippen LogP contribution in [0.4, 0.5) is 0 Å². The molecule has 3 aromatic rings. The smallest absolute Gasteiger partial charge is 0.261 e. The van der Waals surface area contributed by atoms with Crippen LogP contribution in [-0.4, -0.2) is 35.4 Å². The van der Waals surface area contributed by atoms with Crippen LogP contribution in [0.5, 0.6) is 0 Å². The van der Waals surface area contributed by atoms with E-state index in [9.17, 15) is 13.2 Å². The van der Waals surface area contributed by atoms with Crippen molar-refractivity contribution in [1.82, 2.24) is 13.9 Å². The van der Waals surface area contributed by atoms with E-state index in [4.69, 9.17) is 16.6 Å². The Labute approximate surface area is 187 Å². The molecule has 2 heterocycles. The second-order valence-corrected chi connectivity index (χ2v) is 10.4. The molecule has 0 spiro atoms. The zero-order valence-electron chi connectivity index (χ0n) is 17.5. The van der Waals surface area contributed by atoms with Gasteiger partial charge in [-0.15, -0.1) is 0 Å². The van der Waals surface area contributed by atoms with Gasteiger partial charge in [0.05, 0.1) is 15.8 Å². The maximum Gasteiger partial charge on any atom is 0.261 e. The molecule has 1 saturated heterocycles. The zero-order chi connectivity index (χ0) is 22.0. The Kier molecular flexibility index (Phi) is 6.46. The first-order valence-corrected chi connectivity index (χ1v) is 12.5. The molecule has 0 unspecified atom stereocenters. The van der Waals surface area contributed by atoms with Crippen LogP contribution in [0.15, 0.2) is 58.2 Å². The summed E-state index contributed by atoms with van der Waals surface area (Å²) in [5.74, 6) is 1.04. The second kappa shape index (κ2) is 9.10. The molecule has 1 aliphatic heterocycles. The van der Waals surface area contributed by atoms with E-state index < -0.39 is 10.0 Å². The first-order valence-electron chi connectivity index (χ1n) is 10.6. The van der Waals surface area contributed by atoms with Crippen molar-refractivity contribution in [2.24, 2.45) is 5.92 Å². The van der Waals surface area contributed by atoms with Gasteiger partial charge in [0.2, 0.25) is 10.0 Å². The van der Waals surface area contributed by atoms with E-state index in [2.05, 4.69) is 6.92 Å². The van der Waals surface area contributed by atoms with Gasteiger partial charge in [0, 0.05) is 31.1 Å². The molecule has 2 aromatic carbocycles. The summed E-state index contributed by atoms with van der Waals surface area (Å²) in [6, 6.07) is 13.7. The van der Waals surface area contributed by atoms with Crippen LogP contribution in [0.2, 0.25) is 5.02 Å². The Morgan fingerprint density at radius 3 is 2.42 bits per heavy atom. The van der Waals surface area contributed by atoms with E-state index in [0.29, 0.717) is 42.9 Å². The number of aromatic nitrogens is 2. The zero-order valence-corrected chi connectivity index (χ0v) is 19.1. The fourth-order valence-corrected chi connectivity index (χ4v) is 5.76. The van der Waals surface area contributed by atoms with Gasteiger partial charge < -0.3 is 0 Å². The average Bonchev–Trinajstić information content (AvgIpc) is 2.77. The summed E-state index contributed by atoms with van der Waals surface area (Å²) in [5.41, 5.74) is 0.723. The molecule has 0 bridgehead atoms. The van der Waals surface area contributed by atoms with Crippen molar-refractivity contribution in [3.63, 3.8) is 0 Å². The summed E-state index contributed by atoms with van der Waals surface area (Å²) in [6.07, 6.45) is 3.06. The Hall–Kier alpha value is -2.22. The Bertz CT molecular complexity index is 1230. The predicted molar refractivity (Wildman–Crippen MR) is 123 cm³/mol. The van der Waals surface area contributed by atoms with E-state index in [1.807, 2.05) is 24.3 Å². The summed E-state index contributed by atoms with van der Waals surface area (Å²) in [5, 5.41) is 1.14. The van der Waals surface area contributed by atoms with Crippen LogP contribution in [0.25, 0.3) is 10.9 Å². The SMILES string of the molecule is CCCc1nc2ccccc2c(=O)n1CC1CCN(S(=O)(=O)c2ccc(Cl)cc2)CC1. The summed E-state index contributed by atoms with van der Waals surface area (Å²) in [6.45, 7) is 3.52. The highest BCUT2D eigenvalue weighted by Gasteiger charge is 2.30. The fraction of sp³-hybridized carbons (Fsp3) is 0.391. The molecule has 0 radical (unpaired) electrons. The summed E-state index contributed by atoms with van der Waals surface area (Å²) >= 11 is 5.89. The van der Waals surface area contributed by atoms with Gasteiger partial charge in [-0.1, -0.05) is 30.7 Å². The maximum absolute atomic E-state index is 13.1. The minimum absolute atomic E-state index is 0.00901. The maximum atomic E-state index is 13.1. The van der Waals surface area contributed by atoms with Gasteiger partial charge in [-0.05, 0) is 61.6 Å². The van der Waals surface area contributed by atoms with E-state index in [0.717, 1.165) is 24.2 Å². The van der Waals surface area contributed by atoms with Crippen LogP contribution in [0.3, 0.4) is 0 Å². The minimum Gasteiger partial charge on any atom is -0.296 e. The molecule has 0 N–H and O–H groups in total. The highest BCUT2D eigenvalue weighted by molar-refractivity contribution is 7.89. The molecule has 1 aromatic heterocycles. The lowest BCUT2D eigenvalue weighted by atomic mass is 9.98. The summed E-state index contributed by atoms with van der Waals surface area (Å²) in [4.78, 5) is 18.1. The molecule has 31 heavy (non-hydrogen) atoms. The molecule has 1 aliphatic rings. The molecular weight excluding hydrogens is 434 g/mol. The number of sulfonamides is 1. The first-order chi connectivity index (χ1) is 14.9. The van der Waals surface area contributed by atoms with Gasteiger partial charge >= 0.3 is 0 Å². The number of para-hydroxylation sites is 1. The van der Waals surface area contributed by atoms with Gasteiger partial charge in [0.1, 0.15) is 5.82 Å². The largest absolute Gasteiger partial charge is 0.296 e. The van der Waals surface area contributed by atoms with Gasteiger partial charge in [0.25, 0.3) is 5.56 Å². The van der Waals surface area contributed by atoms with Crippen molar-refractivity contribution in [3.05, 3.63) is 69.7 Å². The van der Waals surface area contributed by atoms with E-state index >= 15 is 0 Å². The molecule has 6 nitrogen and oxygen atoms in total. The first kappa shape index (κ1) is 22.0. The van der Waals surface area contributed by atoms with Crippen LogP contribution in [-0.2, 0) is 23.0 Å². The fourth-order valence-electron chi connectivity index (χ4n) is 4.16. The number of halogens is 1. The number of fused-ring (bicyclic) bond motifs is 1. The Balaban J connectivity index is 1.52. The Morgan fingerprint density at radius 1 is 1.06 bits per heavy atom. The number of hydrogen-bond donors (Lipinski definition) is 0. The third-order valence-corrected chi connectivity index (χ3v) is 8.04. The number of hydrogen-bond acceptors (Lipinski definition) is 4. The number of nitrogens with zero attached hydrogens (tertiary/aromatic N) is 3. The quantitative estimate of drug-likeness (QED) is 0.556. The van der Waals surface area contributed by atoms with E-state index in [-0.39, 0.29) is 16.4 Å². The normalized spacial score (nSPS) is 16.1. The highest BCUT2D eigenvalue weighted by atomic mass is 35.5. The van der Waals surface area contributed by atoms with Crippen LogP contribution >= 0.6 is 11.6 Å². The lowest BCUT2D eigenvalue weighted by Gasteiger charge is -2.32. The van der Waals surface area contributed by atoms with Crippen LogP contribution < -0.4 is 5.56 Å². The summed E-state index contributed by atoms with van der Waals surface area (Å²) < 4.78 is 29.2. The molecule has 0 aliphatic carbocycles. The molecule has 8 heteroatoms. The number of benzene rings is 2.